The van der Waals surface area contributed by atoms with E-state index in [1.54, 1.807) is 4.90 Å². The molecule has 0 atom stereocenters. The van der Waals surface area contributed by atoms with Gasteiger partial charge in [-0.05, 0) is 34.1 Å². The number of rotatable bonds is 1. The molecule has 1 aromatic carbocycles. The number of benzene rings is 1. The highest BCUT2D eigenvalue weighted by Gasteiger charge is 2.16. The van der Waals surface area contributed by atoms with Gasteiger partial charge >= 0.3 is 0 Å². The zero-order chi connectivity index (χ0) is 10.8. The quantitative estimate of drug-likeness (QED) is 0.718. The second kappa shape index (κ2) is 4.14. The summed E-state index contributed by atoms with van der Waals surface area (Å²) >= 11 is 3.06. The fourth-order valence-corrected chi connectivity index (χ4v) is 1.83. The highest BCUT2D eigenvalue weighted by molar-refractivity contribution is 9.10. The molecule has 0 unspecified atom stereocenters. The smallest absolute Gasteiger partial charge is 0.254 e. The number of halogens is 2. The molecular weight excluding hydrogens is 261 g/mol. The molecule has 1 aliphatic rings. The van der Waals surface area contributed by atoms with Crippen molar-refractivity contribution < 1.29 is 9.18 Å². The van der Waals surface area contributed by atoms with Crippen LogP contribution >= 0.6 is 15.9 Å². The third-order valence-electron chi connectivity index (χ3n) is 2.27. The van der Waals surface area contributed by atoms with Crippen molar-refractivity contribution in [2.45, 2.75) is 0 Å². The summed E-state index contributed by atoms with van der Waals surface area (Å²) in [7, 11) is 0. The molecule has 2 rings (SSSR count). The van der Waals surface area contributed by atoms with Crippen molar-refractivity contribution in [3.63, 3.8) is 0 Å². The molecule has 1 aromatic rings. The van der Waals surface area contributed by atoms with E-state index in [9.17, 15) is 9.18 Å². The molecule has 2 nitrogen and oxygen atoms in total. The van der Waals surface area contributed by atoms with Crippen LogP contribution in [-0.2, 0) is 0 Å². The first-order valence-electron chi connectivity index (χ1n) is 4.58. The van der Waals surface area contributed by atoms with Crippen molar-refractivity contribution in [2.24, 2.45) is 0 Å². The van der Waals surface area contributed by atoms with Crippen LogP contribution in [0.4, 0.5) is 4.39 Å². The van der Waals surface area contributed by atoms with E-state index in [0.29, 0.717) is 23.1 Å². The van der Waals surface area contributed by atoms with Gasteiger partial charge in [-0.3, -0.25) is 4.79 Å². The van der Waals surface area contributed by atoms with Crippen LogP contribution in [0.5, 0.6) is 0 Å². The first-order chi connectivity index (χ1) is 7.18. The predicted octanol–water partition coefficient (Wildman–Crippen LogP) is 2.60. The van der Waals surface area contributed by atoms with Gasteiger partial charge in [0.15, 0.2) is 0 Å². The molecule has 0 aromatic heterocycles. The van der Waals surface area contributed by atoms with E-state index in [2.05, 4.69) is 15.9 Å². The number of amides is 1. The van der Waals surface area contributed by atoms with Crippen LogP contribution in [0.3, 0.4) is 0 Å². The van der Waals surface area contributed by atoms with E-state index in [0.717, 1.165) is 0 Å². The lowest BCUT2D eigenvalue weighted by atomic mass is 10.2. The fraction of sp³-hybridized carbons (Fsp3) is 0.182. The van der Waals surface area contributed by atoms with Crippen LogP contribution in [0.1, 0.15) is 10.4 Å². The Balaban J connectivity index is 2.22. The van der Waals surface area contributed by atoms with Gasteiger partial charge in [0.2, 0.25) is 0 Å². The largest absolute Gasteiger partial charge is 0.331 e. The van der Waals surface area contributed by atoms with Crippen molar-refractivity contribution in [1.29, 1.82) is 0 Å². The molecule has 15 heavy (non-hydrogen) atoms. The van der Waals surface area contributed by atoms with E-state index in [1.807, 2.05) is 12.2 Å². The van der Waals surface area contributed by atoms with Gasteiger partial charge in [0, 0.05) is 18.7 Å². The van der Waals surface area contributed by atoms with E-state index < -0.39 is 0 Å². The summed E-state index contributed by atoms with van der Waals surface area (Å²) in [6.45, 7) is 1.27. The van der Waals surface area contributed by atoms with Crippen LogP contribution in [0, 0.1) is 5.82 Å². The summed E-state index contributed by atoms with van der Waals surface area (Å²) in [5.41, 5.74) is 0.506. The first kappa shape index (κ1) is 10.4. The summed E-state index contributed by atoms with van der Waals surface area (Å²) in [6, 6.07) is 4.30. The minimum atomic E-state index is -0.355. The van der Waals surface area contributed by atoms with Crippen LogP contribution in [0.25, 0.3) is 0 Å². The molecule has 0 spiro atoms. The lowest BCUT2D eigenvalue weighted by Crippen LogP contribution is -2.28. The molecule has 0 saturated carbocycles. The SMILES string of the molecule is O=C(c1ccc(F)c(Br)c1)N1CC=CC1. The second-order valence-electron chi connectivity index (χ2n) is 3.31. The second-order valence-corrected chi connectivity index (χ2v) is 4.16. The molecule has 0 radical (unpaired) electrons. The molecule has 0 saturated heterocycles. The molecule has 78 valence electrons. The molecule has 0 fully saturated rings. The van der Waals surface area contributed by atoms with E-state index >= 15 is 0 Å². The number of carbonyl (C=O) groups excluding carboxylic acids is 1. The fourth-order valence-electron chi connectivity index (χ4n) is 1.46. The monoisotopic (exact) mass is 269 g/mol. The highest BCUT2D eigenvalue weighted by Crippen LogP contribution is 2.18. The molecule has 0 aliphatic carbocycles. The highest BCUT2D eigenvalue weighted by atomic mass is 79.9. The maximum Gasteiger partial charge on any atom is 0.254 e. The van der Waals surface area contributed by atoms with Gasteiger partial charge in [-0.15, -0.1) is 0 Å². The van der Waals surface area contributed by atoms with Crippen LogP contribution in [0.15, 0.2) is 34.8 Å². The van der Waals surface area contributed by atoms with Crippen LogP contribution in [-0.4, -0.2) is 23.9 Å². The Morgan fingerprint density at radius 1 is 1.33 bits per heavy atom. The zero-order valence-electron chi connectivity index (χ0n) is 7.91. The lowest BCUT2D eigenvalue weighted by Gasteiger charge is -2.15. The molecular formula is C11H9BrFNO. The Morgan fingerprint density at radius 3 is 2.60 bits per heavy atom. The zero-order valence-corrected chi connectivity index (χ0v) is 9.50. The Morgan fingerprint density at radius 2 is 2.00 bits per heavy atom. The summed E-state index contributed by atoms with van der Waals surface area (Å²) in [6.07, 6.45) is 3.88. The Hall–Kier alpha value is -1.16. The Labute approximate surface area is 95.5 Å². The maximum atomic E-state index is 13.0. The van der Waals surface area contributed by atoms with Crippen molar-refractivity contribution >= 4 is 21.8 Å². The van der Waals surface area contributed by atoms with Gasteiger partial charge < -0.3 is 4.90 Å². The molecule has 0 bridgehead atoms. The van der Waals surface area contributed by atoms with E-state index in [1.165, 1.54) is 18.2 Å². The minimum Gasteiger partial charge on any atom is -0.331 e. The lowest BCUT2D eigenvalue weighted by molar-refractivity contribution is 0.0800. The van der Waals surface area contributed by atoms with Gasteiger partial charge in [-0.1, -0.05) is 12.2 Å². The summed E-state index contributed by atoms with van der Waals surface area (Å²) in [5.74, 6) is -0.424. The van der Waals surface area contributed by atoms with Crippen molar-refractivity contribution in [3.8, 4) is 0 Å². The topological polar surface area (TPSA) is 20.3 Å². The summed E-state index contributed by atoms with van der Waals surface area (Å²) < 4.78 is 13.3. The summed E-state index contributed by atoms with van der Waals surface area (Å²) in [5, 5.41) is 0. The number of hydrogen-bond donors (Lipinski definition) is 0. The van der Waals surface area contributed by atoms with Gasteiger partial charge in [0.05, 0.1) is 4.47 Å². The third kappa shape index (κ3) is 2.09. The molecule has 4 heteroatoms. The van der Waals surface area contributed by atoms with Crippen molar-refractivity contribution in [1.82, 2.24) is 4.90 Å². The molecule has 1 heterocycles. The van der Waals surface area contributed by atoms with Gasteiger partial charge in [-0.25, -0.2) is 4.39 Å². The van der Waals surface area contributed by atoms with Crippen LogP contribution in [0.2, 0.25) is 0 Å². The molecule has 0 N–H and O–H groups in total. The Bertz CT molecular complexity index is 423. The van der Waals surface area contributed by atoms with Crippen molar-refractivity contribution in [2.75, 3.05) is 13.1 Å². The number of hydrogen-bond acceptors (Lipinski definition) is 1. The summed E-state index contributed by atoms with van der Waals surface area (Å²) in [4.78, 5) is 13.5. The van der Waals surface area contributed by atoms with Gasteiger partial charge in [0.25, 0.3) is 5.91 Å². The number of nitrogens with zero attached hydrogens (tertiary/aromatic N) is 1. The average Bonchev–Trinajstić information content (AvgIpc) is 2.74. The molecule has 1 amide bonds. The molecule has 1 aliphatic heterocycles. The van der Waals surface area contributed by atoms with Gasteiger partial charge in [0.1, 0.15) is 5.82 Å². The first-order valence-corrected chi connectivity index (χ1v) is 5.37. The normalized spacial score (nSPS) is 14.7. The average molecular weight is 270 g/mol. The van der Waals surface area contributed by atoms with E-state index in [-0.39, 0.29) is 11.7 Å². The van der Waals surface area contributed by atoms with Crippen LogP contribution < -0.4 is 0 Å². The van der Waals surface area contributed by atoms with E-state index in [4.69, 9.17) is 0 Å². The minimum absolute atomic E-state index is 0.0688. The van der Waals surface area contributed by atoms with Gasteiger partial charge in [-0.2, -0.15) is 0 Å². The maximum absolute atomic E-state index is 13.0. The standard InChI is InChI=1S/C11H9BrFNO/c12-9-7-8(3-4-10(9)13)11(15)14-5-1-2-6-14/h1-4,7H,5-6H2. The van der Waals surface area contributed by atoms with Crippen molar-refractivity contribution in [3.05, 3.63) is 46.2 Å². The Kier molecular flexibility index (Phi) is 2.86. The number of carbonyl (C=O) groups is 1. The third-order valence-corrected chi connectivity index (χ3v) is 2.88. The predicted molar refractivity (Wildman–Crippen MR) is 59.1 cm³/mol.